The maximum absolute atomic E-state index is 8.69. The molecule has 0 heterocycles. The number of hydrogen-bond donors (Lipinski definition) is 2. The van der Waals surface area contributed by atoms with E-state index in [-0.39, 0.29) is 25.1 Å². The largest absolute Gasteiger partial charge is 0.497 e. The predicted octanol–water partition coefficient (Wildman–Crippen LogP) is 1.50. The fourth-order valence-corrected chi connectivity index (χ4v) is 1.16. The molecule has 0 aliphatic carbocycles. The molecule has 0 amide bonds. The molecule has 0 unspecified atom stereocenters. The standard InChI is InChI=1S/C10H15NO2.ClH/c1-13-9-4-2-8(3-5-9)10(11)6-7-12;/h2-5,10,12H,6-7,11H2,1H3;1H/t10-;/m0./s1. The summed E-state index contributed by atoms with van der Waals surface area (Å²) in [6, 6.07) is 7.48. The Morgan fingerprint density at radius 3 is 2.36 bits per heavy atom. The van der Waals surface area contributed by atoms with Crippen molar-refractivity contribution in [3.8, 4) is 5.75 Å². The zero-order valence-electron chi connectivity index (χ0n) is 8.14. The van der Waals surface area contributed by atoms with Gasteiger partial charge in [0, 0.05) is 12.6 Å². The van der Waals surface area contributed by atoms with Gasteiger partial charge in [0.05, 0.1) is 7.11 Å². The van der Waals surface area contributed by atoms with E-state index in [1.54, 1.807) is 7.11 Å². The van der Waals surface area contributed by atoms with Gasteiger partial charge in [0.25, 0.3) is 0 Å². The fraction of sp³-hybridized carbons (Fsp3) is 0.400. The molecular formula is C10H16ClNO2. The second kappa shape index (κ2) is 6.65. The van der Waals surface area contributed by atoms with Gasteiger partial charge in [-0.1, -0.05) is 12.1 Å². The summed E-state index contributed by atoms with van der Waals surface area (Å²) in [4.78, 5) is 0. The Bertz CT molecular complexity index is 251. The molecule has 0 radical (unpaired) electrons. The van der Waals surface area contributed by atoms with Crippen LogP contribution in [0.25, 0.3) is 0 Å². The molecule has 0 bridgehead atoms. The molecule has 0 fully saturated rings. The van der Waals surface area contributed by atoms with Crippen molar-refractivity contribution in [2.75, 3.05) is 13.7 Å². The number of aliphatic hydroxyl groups is 1. The first-order chi connectivity index (χ1) is 6.27. The third-order valence-electron chi connectivity index (χ3n) is 1.98. The third kappa shape index (κ3) is 3.54. The Balaban J connectivity index is 0.00000169. The lowest BCUT2D eigenvalue weighted by Crippen LogP contribution is -2.11. The van der Waals surface area contributed by atoms with Crippen molar-refractivity contribution >= 4 is 12.4 Å². The number of benzene rings is 1. The van der Waals surface area contributed by atoms with E-state index in [0.29, 0.717) is 6.42 Å². The highest BCUT2D eigenvalue weighted by Crippen LogP contribution is 2.17. The van der Waals surface area contributed by atoms with Crippen LogP contribution in [-0.2, 0) is 0 Å². The summed E-state index contributed by atoms with van der Waals surface area (Å²) < 4.78 is 5.02. The topological polar surface area (TPSA) is 55.5 Å². The lowest BCUT2D eigenvalue weighted by Gasteiger charge is -2.10. The summed E-state index contributed by atoms with van der Waals surface area (Å²) in [5, 5.41) is 8.69. The Hall–Kier alpha value is -0.770. The van der Waals surface area contributed by atoms with Crippen LogP contribution in [0.5, 0.6) is 5.75 Å². The van der Waals surface area contributed by atoms with E-state index in [9.17, 15) is 0 Å². The molecule has 14 heavy (non-hydrogen) atoms. The highest BCUT2D eigenvalue weighted by atomic mass is 35.5. The molecule has 0 aliphatic rings. The first kappa shape index (κ1) is 13.2. The summed E-state index contributed by atoms with van der Waals surface area (Å²) in [5.74, 6) is 0.819. The van der Waals surface area contributed by atoms with Gasteiger partial charge in [0.1, 0.15) is 5.75 Å². The molecule has 1 aromatic rings. The average molecular weight is 218 g/mol. The van der Waals surface area contributed by atoms with Gasteiger partial charge in [0.15, 0.2) is 0 Å². The van der Waals surface area contributed by atoms with Gasteiger partial charge in [-0.2, -0.15) is 0 Å². The highest BCUT2D eigenvalue weighted by Gasteiger charge is 2.04. The minimum atomic E-state index is -0.0871. The van der Waals surface area contributed by atoms with E-state index >= 15 is 0 Å². The van der Waals surface area contributed by atoms with Crippen molar-refractivity contribution in [3.05, 3.63) is 29.8 Å². The van der Waals surface area contributed by atoms with E-state index in [1.807, 2.05) is 24.3 Å². The number of halogens is 1. The van der Waals surface area contributed by atoms with Gasteiger partial charge in [0.2, 0.25) is 0 Å². The normalized spacial score (nSPS) is 11.6. The van der Waals surface area contributed by atoms with Crippen LogP contribution in [0.1, 0.15) is 18.0 Å². The summed E-state index contributed by atoms with van der Waals surface area (Å²) in [7, 11) is 1.63. The smallest absolute Gasteiger partial charge is 0.118 e. The summed E-state index contributed by atoms with van der Waals surface area (Å²) in [5.41, 5.74) is 6.82. The molecule has 3 N–H and O–H groups in total. The van der Waals surface area contributed by atoms with Crippen molar-refractivity contribution in [3.63, 3.8) is 0 Å². The molecule has 1 rings (SSSR count). The second-order valence-electron chi connectivity index (χ2n) is 2.89. The number of aliphatic hydroxyl groups excluding tert-OH is 1. The molecule has 80 valence electrons. The summed E-state index contributed by atoms with van der Waals surface area (Å²) in [6.45, 7) is 0.118. The van der Waals surface area contributed by atoms with E-state index in [1.165, 1.54) is 0 Å². The molecule has 0 aromatic heterocycles. The van der Waals surface area contributed by atoms with Crippen molar-refractivity contribution in [2.45, 2.75) is 12.5 Å². The average Bonchev–Trinajstić information content (AvgIpc) is 2.18. The Labute approximate surface area is 90.3 Å². The minimum Gasteiger partial charge on any atom is -0.497 e. The van der Waals surface area contributed by atoms with Gasteiger partial charge in [-0.15, -0.1) is 12.4 Å². The van der Waals surface area contributed by atoms with Crippen LogP contribution in [-0.4, -0.2) is 18.8 Å². The molecule has 3 nitrogen and oxygen atoms in total. The van der Waals surface area contributed by atoms with Crippen molar-refractivity contribution < 1.29 is 9.84 Å². The van der Waals surface area contributed by atoms with Crippen molar-refractivity contribution in [1.29, 1.82) is 0 Å². The quantitative estimate of drug-likeness (QED) is 0.804. The third-order valence-corrected chi connectivity index (χ3v) is 1.98. The molecule has 1 atom stereocenters. The van der Waals surface area contributed by atoms with E-state index < -0.39 is 0 Å². The Kier molecular flexibility index (Phi) is 6.28. The molecule has 0 spiro atoms. The van der Waals surface area contributed by atoms with Gasteiger partial charge in [-0.25, -0.2) is 0 Å². The van der Waals surface area contributed by atoms with Gasteiger partial charge >= 0.3 is 0 Å². The number of rotatable bonds is 4. The lowest BCUT2D eigenvalue weighted by atomic mass is 10.1. The molecule has 0 saturated carbocycles. The second-order valence-corrected chi connectivity index (χ2v) is 2.89. The highest BCUT2D eigenvalue weighted by molar-refractivity contribution is 5.85. The monoisotopic (exact) mass is 217 g/mol. The number of nitrogens with two attached hydrogens (primary N) is 1. The van der Waals surface area contributed by atoms with Crippen LogP contribution in [0.2, 0.25) is 0 Å². The van der Waals surface area contributed by atoms with E-state index in [4.69, 9.17) is 15.6 Å². The Morgan fingerprint density at radius 2 is 1.93 bits per heavy atom. The van der Waals surface area contributed by atoms with Crippen LogP contribution in [0.15, 0.2) is 24.3 Å². The van der Waals surface area contributed by atoms with Gasteiger partial charge < -0.3 is 15.6 Å². The predicted molar refractivity (Wildman–Crippen MR) is 58.9 cm³/mol. The van der Waals surface area contributed by atoms with Crippen LogP contribution < -0.4 is 10.5 Å². The number of methoxy groups -OCH3 is 1. The van der Waals surface area contributed by atoms with Crippen molar-refractivity contribution in [1.82, 2.24) is 0 Å². The first-order valence-electron chi connectivity index (χ1n) is 4.28. The maximum Gasteiger partial charge on any atom is 0.118 e. The van der Waals surface area contributed by atoms with Gasteiger partial charge in [-0.3, -0.25) is 0 Å². The minimum absolute atomic E-state index is 0. The molecule has 0 saturated heterocycles. The molecule has 1 aromatic carbocycles. The lowest BCUT2D eigenvalue weighted by molar-refractivity contribution is 0.276. The van der Waals surface area contributed by atoms with E-state index in [0.717, 1.165) is 11.3 Å². The Morgan fingerprint density at radius 1 is 1.36 bits per heavy atom. The summed E-state index contributed by atoms with van der Waals surface area (Å²) >= 11 is 0. The number of hydrogen-bond acceptors (Lipinski definition) is 3. The van der Waals surface area contributed by atoms with Crippen molar-refractivity contribution in [2.24, 2.45) is 5.73 Å². The van der Waals surface area contributed by atoms with Crippen LogP contribution in [0.3, 0.4) is 0 Å². The number of ether oxygens (including phenoxy) is 1. The zero-order valence-corrected chi connectivity index (χ0v) is 8.96. The molecule has 0 aliphatic heterocycles. The van der Waals surface area contributed by atoms with Crippen LogP contribution in [0, 0.1) is 0 Å². The maximum atomic E-state index is 8.69. The zero-order chi connectivity index (χ0) is 9.68. The van der Waals surface area contributed by atoms with E-state index in [2.05, 4.69) is 0 Å². The van der Waals surface area contributed by atoms with Gasteiger partial charge in [-0.05, 0) is 24.1 Å². The van der Waals surface area contributed by atoms with Crippen LogP contribution in [0.4, 0.5) is 0 Å². The fourth-order valence-electron chi connectivity index (χ4n) is 1.16. The first-order valence-corrected chi connectivity index (χ1v) is 4.28. The molecule has 4 heteroatoms. The summed E-state index contributed by atoms with van der Waals surface area (Å²) in [6.07, 6.45) is 0.590. The molecular weight excluding hydrogens is 202 g/mol. The van der Waals surface area contributed by atoms with Crippen LogP contribution >= 0.6 is 12.4 Å². The SMILES string of the molecule is COc1ccc([C@@H](N)CCO)cc1.Cl.